The van der Waals surface area contributed by atoms with Crippen molar-refractivity contribution in [3.63, 3.8) is 0 Å². The molecule has 2 aromatic carbocycles. The van der Waals surface area contributed by atoms with Crippen LogP contribution in [0.25, 0.3) is 6.08 Å². The lowest BCUT2D eigenvalue weighted by molar-refractivity contribution is -0.113. The third-order valence-electron chi connectivity index (χ3n) is 4.71. The summed E-state index contributed by atoms with van der Waals surface area (Å²) in [7, 11) is 1.56. The van der Waals surface area contributed by atoms with Crippen LogP contribution in [0.2, 0.25) is 0 Å². The Bertz CT molecular complexity index is 1020. The van der Waals surface area contributed by atoms with Crippen LogP contribution < -0.4 is 15.4 Å². The number of hydrogen-bond donors (Lipinski definition) is 2. The van der Waals surface area contributed by atoms with Crippen LogP contribution >= 0.6 is 0 Å². The fourth-order valence-corrected chi connectivity index (χ4v) is 2.94. The Morgan fingerprint density at radius 1 is 1.03 bits per heavy atom. The van der Waals surface area contributed by atoms with Crippen molar-refractivity contribution in [1.29, 1.82) is 0 Å². The van der Waals surface area contributed by atoms with Gasteiger partial charge in [-0.15, -0.1) is 0 Å². The monoisotopic (exact) mass is 418 g/mol. The fourth-order valence-electron chi connectivity index (χ4n) is 2.94. The van der Waals surface area contributed by atoms with Crippen molar-refractivity contribution < 1.29 is 18.7 Å². The van der Waals surface area contributed by atoms with Gasteiger partial charge in [0.15, 0.2) is 0 Å². The second kappa shape index (κ2) is 10.8. The summed E-state index contributed by atoms with van der Waals surface area (Å²) in [5, 5.41) is 5.51. The molecule has 160 valence electrons. The second-order valence-corrected chi connectivity index (χ2v) is 7.01. The van der Waals surface area contributed by atoms with Crippen molar-refractivity contribution in [3.05, 3.63) is 89.5 Å². The van der Waals surface area contributed by atoms with E-state index in [0.29, 0.717) is 22.8 Å². The predicted molar refractivity (Wildman–Crippen MR) is 121 cm³/mol. The van der Waals surface area contributed by atoms with Crippen LogP contribution in [0.5, 0.6) is 5.75 Å². The number of carbonyl (C=O) groups is 2. The fraction of sp³-hybridized carbons (Fsp3) is 0.200. The number of unbranched alkanes of at least 4 members (excludes halogenated alkanes) is 1. The van der Waals surface area contributed by atoms with Crippen LogP contribution in [0.15, 0.2) is 77.0 Å². The highest BCUT2D eigenvalue weighted by molar-refractivity contribution is 6.10. The second-order valence-electron chi connectivity index (χ2n) is 7.01. The number of hydrogen-bond acceptors (Lipinski definition) is 4. The minimum absolute atomic E-state index is 0.0748. The van der Waals surface area contributed by atoms with E-state index >= 15 is 0 Å². The summed E-state index contributed by atoms with van der Waals surface area (Å²) in [5.74, 6) is 0.239. The maximum absolute atomic E-state index is 12.9. The molecule has 0 atom stereocenters. The number of carbonyl (C=O) groups excluding carboxylic acids is 2. The van der Waals surface area contributed by atoms with Gasteiger partial charge in [0.25, 0.3) is 11.8 Å². The molecule has 1 heterocycles. The molecule has 31 heavy (non-hydrogen) atoms. The van der Waals surface area contributed by atoms with Gasteiger partial charge in [0.1, 0.15) is 17.2 Å². The molecule has 0 unspecified atom stereocenters. The van der Waals surface area contributed by atoms with Gasteiger partial charge in [-0.3, -0.25) is 9.59 Å². The number of benzene rings is 2. The lowest BCUT2D eigenvalue weighted by Gasteiger charge is -2.11. The highest BCUT2D eigenvalue weighted by atomic mass is 16.5. The predicted octanol–water partition coefficient (Wildman–Crippen LogP) is 5.04. The summed E-state index contributed by atoms with van der Waals surface area (Å²) in [5.41, 5.74) is 2.35. The molecule has 6 nitrogen and oxygen atoms in total. The summed E-state index contributed by atoms with van der Waals surface area (Å²) in [6.07, 6.45) is 6.26. The molecule has 3 aromatic rings. The van der Waals surface area contributed by atoms with E-state index < -0.39 is 11.8 Å². The van der Waals surface area contributed by atoms with E-state index in [4.69, 9.17) is 9.15 Å². The Kier molecular flexibility index (Phi) is 7.65. The van der Waals surface area contributed by atoms with Crippen LogP contribution in [0.4, 0.5) is 5.69 Å². The Morgan fingerprint density at radius 3 is 2.39 bits per heavy atom. The Hall–Kier alpha value is -3.80. The molecule has 0 saturated heterocycles. The van der Waals surface area contributed by atoms with Gasteiger partial charge in [-0.2, -0.15) is 0 Å². The van der Waals surface area contributed by atoms with Crippen molar-refractivity contribution in [2.75, 3.05) is 12.4 Å². The standard InChI is InChI=1S/C25H26N2O4/c1-3-4-6-18-8-12-20(13-9-18)26-25(29)23(17-22-7-5-16-31-22)27-24(28)19-10-14-21(30-2)15-11-19/h5,7-17H,3-4,6H2,1-2H3,(H,26,29)(H,27,28)/b23-17-. The van der Waals surface area contributed by atoms with E-state index in [1.54, 1.807) is 43.5 Å². The molecule has 0 aliphatic heterocycles. The van der Waals surface area contributed by atoms with Gasteiger partial charge >= 0.3 is 0 Å². The summed E-state index contributed by atoms with van der Waals surface area (Å²) in [6.45, 7) is 2.15. The smallest absolute Gasteiger partial charge is 0.272 e. The normalized spacial score (nSPS) is 11.1. The first-order chi connectivity index (χ1) is 15.1. The first-order valence-electron chi connectivity index (χ1n) is 10.2. The van der Waals surface area contributed by atoms with Crippen LogP contribution in [-0.4, -0.2) is 18.9 Å². The van der Waals surface area contributed by atoms with Crippen LogP contribution in [-0.2, 0) is 11.2 Å². The number of nitrogens with one attached hydrogen (secondary N) is 2. The van der Waals surface area contributed by atoms with Crippen molar-refractivity contribution >= 4 is 23.6 Å². The molecule has 0 fully saturated rings. The molecular weight excluding hydrogens is 392 g/mol. The topological polar surface area (TPSA) is 80.6 Å². The maximum atomic E-state index is 12.9. The molecule has 0 aliphatic carbocycles. The number of furan rings is 1. The van der Waals surface area contributed by atoms with Crippen molar-refractivity contribution in [2.24, 2.45) is 0 Å². The van der Waals surface area contributed by atoms with Gasteiger partial charge < -0.3 is 19.8 Å². The number of methoxy groups -OCH3 is 1. The number of anilines is 1. The Labute approximate surface area is 181 Å². The molecule has 2 amide bonds. The number of aryl methyl sites for hydroxylation is 1. The first kappa shape index (κ1) is 21.9. The molecular formula is C25H26N2O4. The van der Waals surface area contributed by atoms with E-state index in [9.17, 15) is 9.59 Å². The van der Waals surface area contributed by atoms with Crippen molar-refractivity contribution in [2.45, 2.75) is 26.2 Å². The molecule has 0 saturated carbocycles. The van der Waals surface area contributed by atoms with E-state index in [-0.39, 0.29) is 5.70 Å². The zero-order valence-electron chi connectivity index (χ0n) is 17.7. The molecule has 0 spiro atoms. The van der Waals surface area contributed by atoms with Gasteiger partial charge in [0, 0.05) is 17.3 Å². The maximum Gasteiger partial charge on any atom is 0.272 e. The lowest BCUT2D eigenvalue weighted by atomic mass is 10.1. The molecule has 0 aliphatic rings. The van der Waals surface area contributed by atoms with Gasteiger partial charge in [0.2, 0.25) is 0 Å². The lowest BCUT2D eigenvalue weighted by Crippen LogP contribution is -2.30. The third kappa shape index (κ3) is 6.34. The van der Waals surface area contributed by atoms with Crippen LogP contribution in [0.1, 0.15) is 41.4 Å². The Morgan fingerprint density at radius 2 is 1.77 bits per heavy atom. The molecule has 0 radical (unpaired) electrons. The number of amides is 2. The van der Waals surface area contributed by atoms with Crippen LogP contribution in [0.3, 0.4) is 0 Å². The van der Waals surface area contributed by atoms with E-state index in [2.05, 4.69) is 17.6 Å². The third-order valence-corrected chi connectivity index (χ3v) is 4.71. The molecule has 1 aromatic heterocycles. The molecule has 3 rings (SSSR count). The zero-order valence-corrected chi connectivity index (χ0v) is 17.7. The first-order valence-corrected chi connectivity index (χ1v) is 10.2. The molecule has 2 N–H and O–H groups in total. The number of rotatable bonds is 9. The quantitative estimate of drug-likeness (QED) is 0.477. The minimum atomic E-state index is -0.445. The SMILES string of the molecule is CCCCc1ccc(NC(=O)/C(=C/c2ccco2)NC(=O)c2ccc(OC)cc2)cc1. The van der Waals surface area contributed by atoms with Gasteiger partial charge in [-0.05, 0) is 66.9 Å². The summed E-state index contributed by atoms with van der Waals surface area (Å²) in [4.78, 5) is 25.6. The molecule has 6 heteroatoms. The van der Waals surface area contributed by atoms with E-state index in [1.165, 1.54) is 17.9 Å². The average Bonchev–Trinajstić information content (AvgIpc) is 3.31. The molecule has 0 bridgehead atoms. The van der Waals surface area contributed by atoms with Crippen molar-refractivity contribution in [3.8, 4) is 5.75 Å². The van der Waals surface area contributed by atoms with Gasteiger partial charge in [0.05, 0.1) is 13.4 Å². The highest BCUT2D eigenvalue weighted by Crippen LogP contribution is 2.15. The minimum Gasteiger partial charge on any atom is -0.497 e. The summed E-state index contributed by atoms with van der Waals surface area (Å²) < 4.78 is 10.4. The summed E-state index contributed by atoms with van der Waals surface area (Å²) in [6, 6.07) is 17.8. The van der Waals surface area contributed by atoms with Gasteiger partial charge in [-0.25, -0.2) is 0 Å². The van der Waals surface area contributed by atoms with Crippen molar-refractivity contribution in [1.82, 2.24) is 5.32 Å². The van der Waals surface area contributed by atoms with Gasteiger partial charge in [-0.1, -0.05) is 25.5 Å². The van der Waals surface area contributed by atoms with Crippen LogP contribution in [0, 0.1) is 0 Å². The highest BCUT2D eigenvalue weighted by Gasteiger charge is 2.16. The number of ether oxygens (including phenoxy) is 1. The van der Waals surface area contributed by atoms with E-state index in [1.807, 2.05) is 24.3 Å². The zero-order chi connectivity index (χ0) is 22.1. The van der Waals surface area contributed by atoms with E-state index in [0.717, 1.165) is 19.3 Å². The largest absolute Gasteiger partial charge is 0.497 e. The average molecular weight is 418 g/mol. The Balaban J connectivity index is 1.75. The summed E-state index contributed by atoms with van der Waals surface area (Å²) >= 11 is 0.